The standard InChI is InChI=1S/C28H26F2N4O3/c1-17-22(10-9-21-8-7-20(14-33-21)23-6-4-3-5-19(23)13-31)25-18(2)37-26(35)27(25,16-28(17,29)30)34-15-24-32-11-12-36-24/h3-12,14,17-18,22,25,34H,15-16H2,1-2H3/b10-9+/t17-,18+,22-,25-,27-/m0/s1. The third kappa shape index (κ3) is 4.42. The lowest BCUT2D eigenvalue weighted by molar-refractivity contribution is -0.160. The lowest BCUT2D eigenvalue weighted by Crippen LogP contribution is -2.64. The topological polar surface area (TPSA) is 101 Å². The summed E-state index contributed by atoms with van der Waals surface area (Å²) in [5.41, 5.74) is 1.10. The normalized spacial score (nSPS) is 28.6. The van der Waals surface area contributed by atoms with Gasteiger partial charge in [-0.3, -0.25) is 15.1 Å². The van der Waals surface area contributed by atoms with Gasteiger partial charge in [-0.15, -0.1) is 0 Å². The Hall–Kier alpha value is -3.90. The molecule has 3 aromatic rings. The summed E-state index contributed by atoms with van der Waals surface area (Å²) >= 11 is 0. The molecule has 37 heavy (non-hydrogen) atoms. The van der Waals surface area contributed by atoms with E-state index < -0.39 is 47.7 Å². The number of cyclic esters (lactones) is 1. The Balaban J connectivity index is 1.44. The first-order chi connectivity index (χ1) is 17.7. The number of hydrogen-bond acceptors (Lipinski definition) is 7. The van der Waals surface area contributed by atoms with E-state index in [-0.39, 0.29) is 6.54 Å². The number of allylic oxidation sites excluding steroid dienone is 1. The molecule has 7 nitrogen and oxygen atoms in total. The molecule has 1 saturated heterocycles. The van der Waals surface area contributed by atoms with Crippen molar-refractivity contribution in [3.63, 3.8) is 0 Å². The first-order valence-electron chi connectivity index (χ1n) is 12.1. The molecule has 1 aromatic carbocycles. The fraction of sp³-hybridized carbons (Fsp3) is 0.357. The molecule has 0 spiro atoms. The first-order valence-corrected chi connectivity index (χ1v) is 12.1. The van der Waals surface area contributed by atoms with Gasteiger partial charge in [0.1, 0.15) is 17.9 Å². The molecular formula is C28H26F2N4O3. The Morgan fingerprint density at radius 1 is 1.22 bits per heavy atom. The van der Waals surface area contributed by atoms with Crippen LogP contribution in [0.2, 0.25) is 0 Å². The maximum Gasteiger partial charge on any atom is 0.327 e. The van der Waals surface area contributed by atoms with E-state index >= 15 is 8.78 Å². The Bertz CT molecular complexity index is 1350. The number of oxazole rings is 1. The second-order valence-corrected chi connectivity index (χ2v) is 9.68. The van der Waals surface area contributed by atoms with Crippen molar-refractivity contribution >= 4 is 12.0 Å². The van der Waals surface area contributed by atoms with Crippen molar-refractivity contribution < 1.29 is 22.7 Å². The van der Waals surface area contributed by atoms with Gasteiger partial charge < -0.3 is 9.15 Å². The van der Waals surface area contributed by atoms with Crippen LogP contribution in [0, 0.1) is 29.1 Å². The van der Waals surface area contributed by atoms with Gasteiger partial charge in [0.25, 0.3) is 5.92 Å². The zero-order chi connectivity index (χ0) is 26.2. The van der Waals surface area contributed by atoms with Crippen LogP contribution >= 0.6 is 0 Å². The number of aromatic nitrogens is 2. The average molecular weight is 505 g/mol. The van der Waals surface area contributed by atoms with Gasteiger partial charge in [0.05, 0.1) is 30.1 Å². The fourth-order valence-corrected chi connectivity index (χ4v) is 5.66. The summed E-state index contributed by atoms with van der Waals surface area (Å²) in [4.78, 5) is 21.5. The van der Waals surface area contributed by atoms with Gasteiger partial charge >= 0.3 is 5.97 Å². The second kappa shape index (κ2) is 9.52. The first kappa shape index (κ1) is 24.8. The van der Waals surface area contributed by atoms with E-state index in [0.717, 1.165) is 11.1 Å². The van der Waals surface area contributed by atoms with Gasteiger partial charge in [-0.2, -0.15) is 5.26 Å². The number of nitrogens with zero attached hydrogens (tertiary/aromatic N) is 3. The van der Waals surface area contributed by atoms with Crippen LogP contribution in [0.15, 0.2) is 65.5 Å². The molecule has 9 heteroatoms. The SMILES string of the molecule is C[C@H]1OC(=O)[C@]2(NCc3ncco3)CC(F)(F)[C@@H](C)[C@H](/C=C/c3ccc(-c4ccccc4C#N)cn3)[C@H]12. The molecule has 1 aliphatic carbocycles. The zero-order valence-electron chi connectivity index (χ0n) is 20.4. The highest BCUT2D eigenvalue weighted by Crippen LogP contribution is 2.55. The Kier molecular flexibility index (Phi) is 6.38. The summed E-state index contributed by atoms with van der Waals surface area (Å²) < 4.78 is 41.5. The number of benzene rings is 1. The highest BCUT2D eigenvalue weighted by molar-refractivity contribution is 5.84. The van der Waals surface area contributed by atoms with E-state index in [1.165, 1.54) is 19.4 Å². The van der Waals surface area contributed by atoms with Gasteiger partial charge in [-0.05, 0) is 31.1 Å². The number of pyridine rings is 1. The summed E-state index contributed by atoms with van der Waals surface area (Å²) in [5.74, 6) is -5.71. The van der Waals surface area contributed by atoms with E-state index in [2.05, 4.69) is 21.4 Å². The number of nitriles is 1. The second-order valence-electron chi connectivity index (χ2n) is 9.68. The van der Waals surface area contributed by atoms with Crippen LogP contribution in [0.1, 0.15) is 37.4 Å². The fourth-order valence-electron chi connectivity index (χ4n) is 5.66. The van der Waals surface area contributed by atoms with Crippen LogP contribution in [0.3, 0.4) is 0 Å². The largest absolute Gasteiger partial charge is 0.461 e. The number of hydrogen-bond donors (Lipinski definition) is 1. The Morgan fingerprint density at radius 3 is 2.73 bits per heavy atom. The van der Waals surface area contributed by atoms with Crippen molar-refractivity contribution in [2.24, 2.45) is 17.8 Å². The minimum Gasteiger partial charge on any atom is -0.461 e. The molecule has 5 atom stereocenters. The number of ether oxygens (including phenoxy) is 1. The van der Waals surface area contributed by atoms with Crippen molar-refractivity contribution in [3.8, 4) is 17.2 Å². The number of nitrogens with one attached hydrogen (secondary N) is 1. The number of halogens is 2. The van der Waals surface area contributed by atoms with Crippen LogP contribution < -0.4 is 5.32 Å². The minimum absolute atomic E-state index is 0.0272. The smallest absolute Gasteiger partial charge is 0.327 e. The third-order valence-electron chi connectivity index (χ3n) is 7.58. The van der Waals surface area contributed by atoms with Gasteiger partial charge in [0, 0.05) is 35.6 Å². The predicted octanol–water partition coefficient (Wildman–Crippen LogP) is 5.00. The number of alkyl halides is 2. The molecule has 0 amide bonds. The van der Waals surface area contributed by atoms with Crippen LogP contribution in [0.5, 0.6) is 0 Å². The quantitative estimate of drug-likeness (QED) is 0.471. The summed E-state index contributed by atoms with van der Waals surface area (Å²) in [6, 6.07) is 13.0. The molecule has 190 valence electrons. The predicted molar refractivity (Wildman–Crippen MR) is 131 cm³/mol. The Labute approximate surface area is 213 Å². The van der Waals surface area contributed by atoms with Crippen molar-refractivity contribution in [2.45, 2.75) is 44.4 Å². The lowest BCUT2D eigenvalue weighted by atomic mass is 9.60. The van der Waals surface area contributed by atoms with Crippen LogP contribution in [-0.2, 0) is 16.1 Å². The van der Waals surface area contributed by atoms with Gasteiger partial charge in [0.2, 0.25) is 5.89 Å². The zero-order valence-corrected chi connectivity index (χ0v) is 20.4. The van der Waals surface area contributed by atoms with Crippen LogP contribution in [0.25, 0.3) is 17.2 Å². The van der Waals surface area contributed by atoms with E-state index in [4.69, 9.17) is 9.15 Å². The highest BCUT2D eigenvalue weighted by Gasteiger charge is 2.68. The van der Waals surface area contributed by atoms with Crippen molar-refractivity contribution in [2.75, 3.05) is 0 Å². The molecule has 0 bridgehead atoms. The van der Waals surface area contributed by atoms with Gasteiger partial charge in [0.15, 0.2) is 0 Å². The molecule has 1 saturated carbocycles. The Morgan fingerprint density at radius 2 is 2.03 bits per heavy atom. The maximum atomic E-state index is 15.4. The number of fused-ring (bicyclic) bond motifs is 1. The van der Waals surface area contributed by atoms with E-state index in [1.54, 1.807) is 43.5 Å². The summed E-state index contributed by atoms with van der Waals surface area (Å²) in [7, 11) is 0. The summed E-state index contributed by atoms with van der Waals surface area (Å²) in [6.45, 7) is 3.28. The highest BCUT2D eigenvalue weighted by atomic mass is 19.3. The number of carbonyl (C=O) groups excluding carboxylic acids is 1. The number of carbonyl (C=O) groups is 1. The summed E-state index contributed by atoms with van der Waals surface area (Å²) in [5, 5.41) is 12.4. The molecular weight excluding hydrogens is 478 g/mol. The molecule has 2 aliphatic rings. The maximum absolute atomic E-state index is 15.4. The van der Waals surface area contributed by atoms with Gasteiger partial charge in [-0.1, -0.05) is 37.3 Å². The van der Waals surface area contributed by atoms with E-state index in [0.29, 0.717) is 17.1 Å². The molecule has 3 heterocycles. The third-order valence-corrected chi connectivity index (χ3v) is 7.58. The minimum atomic E-state index is -3.11. The van der Waals surface area contributed by atoms with Gasteiger partial charge in [-0.25, -0.2) is 13.8 Å². The molecule has 1 aliphatic heterocycles. The molecule has 0 radical (unpaired) electrons. The number of esters is 1. The number of rotatable bonds is 6. The molecule has 1 N–H and O–H groups in total. The summed E-state index contributed by atoms with van der Waals surface area (Å²) in [6.07, 6.45) is 6.71. The van der Waals surface area contributed by atoms with Crippen molar-refractivity contribution in [1.29, 1.82) is 5.26 Å². The molecule has 2 fully saturated rings. The van der Waals surface area contributed by atoms with Crippen LogP contribution in [-0.4, -0.2) is 33.5 Å². The van der Waals surface area contributed by atoms with E-state index in [9.17, 15) is 10.1 Å². The average Bonchev–Trinajstić information content (AvgIpc) is 3.49. The molecule has 0 unspecified atom stereocenters. The molecule has 5 rings (SSSR count). The van der Waals surface area contributed by atoms with Crippen molar-refractivity contribution in [1.82, 2.24) is 15.3 Å². The monoisotopic (exact) mass is 504 g/mol. The van der Waals surface area contributed by atoms with E-state index in [1.807, 2.05) is 18.2 Å². The lowest BCUT2D eigenvalue weighted by Gasteiger charge is -2.48. The molecule has 2 aromatic heterocycles. The van der Waals surface area contributed by atoms with Crippen LogP contribution in [0.4, 0.5) is 8.78 Å². The van der Waals surface area contributed by atoms with Crippen molar-refractivity contribution in [3.05, 3.63) is 78.3 Å².